The van der Waals surface area contributed by atoms with Crippen LogP contribution in [0.1, 0.15) is 24.5 Å². The van der Waals surface area contributed by atoms with E-state index in [0.717, 1.165) is 16.8 Å². The van der Waals surface area contributed by atoms with Crippen molar-refractivity contribution in [2.45, 2.75) is 25.8 Å². The van der Waals surface area contributed by atoms with Crippen LogP contribution in [0.2, 0.25) is 0 Å². The van der Waals surface area contributed by atoms with Crippen molar-refractivity contribution in [3.63, 3.8) is 0 Å². The molecule has 114 valence electrons. The van der Waals surface area contributed by atoms with Crippen molar-refractivity contribution in [3.05, 3.63) is 47.8 Å². The van der Waals surface area contributed by atoms with Gasteiger partial charge >= 0.3 is 0 Å². The Balaban J connectivity index is 1.99. The maximum absolute atomic E-state index is 12.1. The van der Waals surface area contributed by atoms with Gasteiger partial charge in [-0.25, -0.2) is 9.67 Å². The van der Waals surface area contributed by atoms with Crippen LogP contribution >= 0.6 is 0 Å². The molecule has 2 N–H and O–H groups in total. The van der Waals surface area contributed by atoms with E-state index in [0.29, 0.717) is 0 Å². The highest BCUT2D eigenvalue weighted by Gasteiger charge is 2.37. The first kappa shape index (κ1) is 14.3. The van der Waals surface area contributed by atoms with Gasteiger partial charge in [0, 0.05) is 18.8 Å². The summed E-state index contributed by atoms with van der Waals surface area (Å²) in [5.41, 5.74) is 8.19. The molecule has 0 saturated heterocycles. The van der Waals surface area contributed by atoms with Crippen LogP contribution in [0, 0.1) is 6.92 Å². The van der Waals surface area contributed by atoms with Gasteiger partial charge in [-0.05, 0) is 31.5 Å². The largest absolute Gasteiger partial charge is 0.369 e. The van der Waals surface area contributed by atoms with Crippen molar-refractivity contribution in [3.8, 4) is 5.69 Å². The van der Waals surface area contributed by atoms with Gasteiger partial charge in [-0.3, -0.25) is 9.69 Å². The Labute approximate surface area is 129 Å². The first-order valence-corrected chi connectivity index (χ1v) is 7.13. The monoisotopic (exact) mass is 297 g/mol. The van der Waals surface area contributed by atoms with Crippen LogP contribution in [0.3, 0.4) is 0 Å². The van der Waals surface area contributed by atoms with E-state index >= 15 is 0 Å². The number of hydrogen-bond acceptors (Lipinski definition) is 4. The molecule has 0 unspecified atom stereocenters. The van der Waals surface area contributed by atoms with Gasteiger partial charge in [0.1, 0.15) is 0 Å². The fraction of sp³-hybridized carbons (Fsp3) is 0.312. The zero-order valence-electron chi connectivity index (χ0n) is 12.9. The van der Waals surface area contributed by atoms with E-state index in [1.54, 1.807) is 17.9 Å². The zero-order chi connectivity index (χ0) is 15.9. The van der Waals surface area contributed by atoms with Gasteiger partial charge in [0.05, 0.1) is 23.8 Å². The first-order chi connectivity index (χ1) is 10.4. The summed E-state index contributed by atoms with van der Waals surface area (Å²) in [6.45, 7) is 3.94. The summed E-state index contributed by atoms with van der Waals surface area (Å²) >= 11 is 0. The lowest BCUT2D eigenvalue weighted by atomic mass is 9.90. The quantitative estimate of drug-likeness (QED) is 0.914. The van der Waals surface area contributed by atoms with E-state index < -0.39 is 5.54 Å². The molecule has 1 amide bonds. The average Bonchev–Trinajstić information content (AvgIpc) is 2.95. The molecule has 1 atom stereocenters. The minimum Gasteiger partial charge on any atom is -0.369 e. The molecule has 1 aromatic carbocycles. The molecule has 6 nitrogen and oxygen atoms in total. The Morgan fingerprint density at radius 3 is 2.82 bits per heavy atom. The average molecular weight is 297 g/mol. The molecule has 1 aliphatic rings. The van der Waals surface area contributed by atoms with Crippen LogP contribution in [0.5, 0.6) is 0 Å². The van der Waals surface area contributed by atoms with E-state index in [2.05, 4.69) is 16.2 Å². The third-order valence-electron chi connectivity index (χ3n) is 4.05. The number of nitrogens with zero attached hydrogens (tertiary/aromatic N) is 4. The SMILES string of the molecule is Cc1cccc(-n2cc([C@]3(C)CC(=O)N(C)C(N)=N3)cn2)c1. The number of guanidine groups is 1. The molecule has 2 heterocycles. The summed E-state index contributed by atoms with van der Waals surface area (Å²) in [4.78, 5) is 17.9. The number of aliphatic imine (C=N–C) groups is 1. The number of carbonyl (C=O) groups is 1. The third kappa shape index (κ3) is 2.36. The summed E-state index contributed by atoms with van der Waals surface area (Å²) in [5.74, 6) is 0.195. The van der Waals surface area contributed by atoms with Crippen LogP contribution < -0.4 is 5.73 Å². The number of rotatable bonds is 2. The molecule has 0 radical (unpaired) electrons. The number of aryl methyl sites for hydroxylation is 1. The molecule has 3 rings (SSSR count). The second-order valence-corrected chi connectivity index (χ2v) is 5.89. The fourth-order valence-corrected chi connectivity index (χ4v) is 2.59. The van der Waals surface area contributed by atoms with Gasteiger partial charge < -0.3 is 5.73 Å². The van der Waals surface area contributed by atoms with Crippen LogP contribution in [-0.2, 0) is 10.3 Å². The van der Waals surface area contributed by atoms with Gasteiger partial charge in [0.2, 0.25) is 5.91 Å². The van der Waals surface area contributed by atoms with Crippen molar-refractivity contribution in [1.29, 1.82) is 0 Å². The molecule has 1 aromatic heterocycles. The molecule has 22 heavy (non-hydrogen) atoms. The topological polar surface area (TPSA) is 76.5 Å². The van der Waals surface area contributed by atoms with Crippen LogP contribution in [0.25, 0.3) is 5.69 Å². The van der Waals surface area contributed by atoms with Crippen molar-refractivity contribution < 1.29 is 4.79 Å². The summed E-state index contributed by atoms with van der Waals surface area (Å²) in [6.07, 6.45) is 3.94. The molecule has 0 bridgehead atoms. The number of hydrogen-bond donors (Lipinski definition) is 1. The van der Waals surface area contributed by atoms with Gasteiger partial charge in [-0.15, -0.1) is 0 Å². The minimum atomic E-state index is -0.671. The van der Waals surface area contributed by atoms with E-state index in [1.807, 2.05) is 38.2 Å². The van der Waals surface area contributed by atoms with Crippen LogP contribution in [0.4, 0.5) is 0 Å². The predicted molar refractivity (Wildman–Crippen MR) is 84.7 cm³/mol. The van der Waals surface area contributed by atoms with Crippen LogP contribution in [0.15, 0.2) is 41.7 Å². The molecule has 1 aliphatic heterocycles. The Bertz CT molecular complexity index is 763. The Hall–Kier alpha value is -2.63. The molecule has 0 spiro atoms. The van der Waals surface area contributed by atoms with E-state index in [-0.39, 0.29) is 18.3 Å². The lowest BCUT2D eigenvalue weighted by Crippen LogP contribution is -2.47. The smallest absolute Gasteiger partial charge is 0.231 e. The molecular formula is C16H19N5O. The standard InChI is InChI=1S/C16H19N5O/c1-11-5-4-6-13(7-11)21-10-12(9-18-21)16(2)8-14(22)20(3)15(17)19-16/h4-7,9-10H,8H2,1-3H3,(H2,17,19)/t16-/m0/s1. The van der Waals surface area contributed by atoms with Crippen molar-refractivity contribution in [1.82, 2.24) is 14.7 Å². The number of carbonyl (C=O) groups excluding carboxylic acids is 1. The maximum atomic E-state index is 12.1. The molecule has 6 heteroatoms. The van der Waals surface area contributed by atoms with E-state index in [4.69, 9.17) is 5.73 Å². The van der Waals surface area contributed by atoms with Crippen molar-refractivity contribution >= 4 is 11.9 Å². The summed E-state index contributed by atoms with van der Waals surface area (Å²) in [7, 11) is 1.64. The third-order valence-corrected chi connectivity index (χ3v) is 4.05. The second kappa shape index (κ2) is 4.98. The summed E-state index contributed by atoms with van der Waals surface area (Å²) in [6, 6.07) is 8.07. The number of amides is 1. The van der Waals surface area contributed by atoms with Crippen molar-refractivity contribution in [2.24, 2.45) is 10.7 Å². The van der Waals surface area contributed by atoms with E-state index in [1.165, 1.54) is 4.90 Å². The van der Waals surface area contributed by atoms with Gasteiger partial charge in [-0.2, -0.15) is 5.10 Å². The number of benzene rings is 1. The Morgan fingerprint density at radius 1 is 1.36 bits per heavy atom. The fourth-order valence-electron chi connectivity index (χ4n) is 2.59. The predicted octanol–water partition coefficient (Wildman–Crippen LogP) is 1.57. The second-order valence-electron chi connectivity index (χ2n) is 5.89. The lowest BCUT2D eigenvalue weighted by Gasteiger charge is -2.32. The van der Waals surface area contributed by atoms with Gasteiger partial charge in [-0.1, -0.05) is 12.1 Å². The Morgan fingerprint density at radius 2 is 2.14 bits per heavy atom. The summed E-state index contributed by atoms with van der Waals surface area (Å²) in [5, 5.41) is 4.40. The molecule has 0 fully saturated rings. The van der Waals surface area contributed by atoms with Crippen molar-refractivity contribution in [2.75, 3.05) is 7.05 Å². The highest BCUT2D eigenvalue weighted by molar-refractivity contribution is 5.98. The normalized spacial score (nSPS) is 21.9. The maximum Gasteiger partial charge on any atom is 0.231 e. The highest BCUT2D eigenvalue weighted by Crippen LogP contribution is 2.32. The molecule has 2 aromatic rings. The molecular weight excluding hydrogens is 278 g/mol. The number of nitrogens with two attached hydrogens (primary N) is 1. The van der Waals surface area contributed by atoms with Gasteiger partial charge in [0.15, 0.2) is 5.96 Å². The Kier molecular flexibility index (Phi) is 3.24. The lowest BCUT2D eigenvalue weighted by molar-refractivity contribution is -0.128. The summed E-state index contributed by atoms with van der Waals surface area (Å²) < 4.78 is 1.79. The van der Waals surface area contributed by atoms with Gasteiger partial charge in [0.25, 0.3) is 0 Å². The molecule has 0 saturated carbocycles. The minimum absolute atomic E-state index is 0.0432. The van der Waals surface area contributed by atoms with E-state index in [9.17, 15) is 4.79 Å². The molecule has 0 aliphatic carbocycles. The number of aromatic nitrogens is 2. The van der Waals surface area contributed by atoms with Crippen LogP contribution in [-0.4, -0.2) is 33.6 Å². The first-order valence-electron chi connectivity index (χ1n) is 7.13. The zero-order valence-corrected chi connectivity index (χ0v) is 12.9. The highest BCUT2D eigenvalue weighted by atomic mass is 16.2.